The summed E-state index contributed by atoms with van der Waals surface area (Å²) in [6.07, 6.45) is 1.50. The van der Waals surface area contributed by atoms with E-state index in [4.69, 9.17) is 14.2 Å². The van der Waals surface area contributed by atoms with Crippen LogP contribution in [0.25, 0.3) is 16.6 Å². The van der Waals surface area contributed by atoms with Crippen molar-refractivity contribution in [2.24, 2.45) is 0 Å². The first-order valence-corrected chi connectivity index (χ1v) is 17.2. The molecule has 3 N–H and O–H groups in total. The average molecular weight is 701 g/mol. The summed E-state index contributed by atoms with van der Waals surface area (Å²) in [5.74, 6) is 0.0206. The molecular formula is C35H32N4O6S3. The zero-order valence-corrected chi connectivity index (χ0v) is 28.9. The second-order valence-electron chi connectivity index (χ2n) is 10.1. The fourth-order valence-electron chi connectivity index (χ4n) is 4.44. The van der Waals surface area contributed by atoms with E-state index in [0.29, 0.717) is 39.2 Å². The van der Waals surface area contributed by atoms with Gasteiger partial charge in [-0.2, -0.15) is 0 Å². The van der Waals surface area contributed by atoms with Gasteiger partial charge in [0.05, 0.1) is 37.2 Å². The van der Waals surface area contributed by atoms with Gasteiger partial charge in [-0.15, -0.1) is 34.4 Å². The lowest BCUT2D eigenvalue weighted by molar-refractivity contribution is -0.115. The number of thioether (sulfide) groups is 1. The van der Waals surface area contributed by atoms with Crippen LogP contribution in [0.4, 0.5) is 10.8 Å². The van der Waals surface area contributed by atoms with E-state index in [1.807, 2.05) is 29.0 Å². The number of aromatic nitrogens is 1. The number of thiazole rings is 1. The molecule has 5 rings (SSSR count). The predicted octanol–water partition coefficient (Wildman–Crippen LogP) is 7.43. The molecule has 3 amide bonds. The maximum atomic E-state index is 13.7. The highest BCUT2D eigenvalue weighted by Crippen LogP contribution is 2.36. The van der Waals surface area contributed by atoms with Crippen molar-refractivity contribution in [3.63, 3.8) is 0 Å². The van der Waals surface area contributed by atoms with Crippen LogP contribution in [-0.2, 0) is 9.59 Å². The van der Waals surface area contributed by atoms with Crippen LogP contribution in [0, 0.1) is 0 Å². The molecule has 0 radical (unpaired) electrons. The number of benzene rings is 3. The second-order valence-corrected chi connectivity index (χ2v) is 13.3. The number of nitrogens with zero attached hydrogens (tertiary/aromatic N) is 1. The summed E-state index contributed by atoms with van der Waals surface area (Å²) < 4.78 is 16.4. The van der Waals surface area contributed by atoms with Gasteiger partial charge in [0.2, 0.25) is 5.91 Å². The molecule has 0 bridgehead atoms. The third kappa shape index (κ3) is 8.62. The van der Waals surface area contributed by atoms with Gasteiger partial charge < -0.3 is 30.2 Å². The molecule has 10 nitrogen and oxygen atoms in total. The van der Waals surface area contributed by atoms with Crippen molar-refractivity contribution < 1.29 is 28.6 Å². The van der Waals surface area contributed by atoms with E-state index in [2.05, 4.69) is 20.9 Å². The summed E-state index contributed by atoms with van der Waals surface area (Å²) in [6.45, 7) is 1.80. The van der Waals surface area contributed by atoms with Crippen LogP contribution in [0.15, 0.2) is 100 Å². The highest BCUT2D eigenvalue weighted by Gasteiger charge is 2.20. The monoisotopic (exact) mass is 700 g/mol. The van der Waals surface area contributed by atoms with E-state index in [0.717, 1.165) is 15.5 Å². The van der Waals surface area contributed by atoms with Gasteiger partial charge in [0.15, 0.2) is 16.6 Å². The molecule has 0 saturated heterocycles. The molecule has 0 saturated carbocycles. The SMILES string of the molecule is COc1cc(OC)c(OC)cc1/C=C(/NC(=O)c1ccccc1)C(=O)Nc1cccc(SC(C)C(=O)Nc2nc(-c3cccs3)cs2)c1. The van der Waals surface area contributed by atoms with E-state index in [1.165, 1.54) is 50.5 Å². The van der Waals surface area contributed by atoms with E-state index < -0.39 is 17.1 Å². The van der Waals surface area contributed by atoms with Crippen LogP contribution in [0.3, 0.4) is 0 Å². The standard InChI is InChI=1S/C35H32N4O6S3/c1-21(32(40)39-35-38-27(20-47-35)31-14-9-15-46-31)48-25-13-8-12-24(18-25)36-34(42)26(37-33(41)22-10-6-5-7-11-22)16-23-17-29(44-3)30(45-4)19-28(23)43-2/h5-21H,1-4H3,(H,36,42)(H,37,41)(H,38,39,40)/b26-16+. The number of anilines is 2. The Balaban J connectivity index is 1.33. The van der Waals surface area contributed by atoms with Crippen molar-refractivity contribution in [2.45, 2.75) is 17.1 Å². The van der Waals surface area contributed by atoms with Crippen LogP contribution >= 0.6 is 34.4 Å². The highest BCUT2D eigenvalue weighted by atomic mass is 32.2. The second kappa shape index (κ2) is 16.1. The van der Waals surface area contributed by atoms with Crippen molar-refractivity contribution in [1.29, 1.82) is 0 Å². The van der Waals surface area contributed by atoms with E-state index in [9.17, 15) is 14.4 Å². The Kier molecular flexibility index (Phi) is 11.5. The number of nitrogens with one attached hydrogen (secondary N) is 3. The summed E-state index contributed by atoms with van der Waals surface area (Å²) in [7, 11) is 4.50. The Bertz CT molecular complexity index is 1930. The van der Waals surface area contributed by atoms with Crippen molar-refractivity contribution >= 4 is 69.1 Å². The van der Waals surface area contributed by atoms with Crippen molar-refractivity contribution in [3.05, 3.63) is 106 Å². The molecule has 48 heavy (non-hydrogen) atoms. The Labute approximate surface area is 290 Å². The number of hydrogen-bond donors (Lipinski definition) is 3. The molecule has 0 fully saturated rings. The van der Waals surface area contributed by atoms with Crippen molar-refractivity contribution in [1.82, 2.24) is 10.3 Å². The minimum absolute atomic E-state index is 0.0365. The molecule has 0 aliphatic heterocycles. The van der Waals surface area contributed by atoms with Gasteiger partial charge in [-0.25, -0.2) is 4.98 Å². The Morgan fingerprint density at radius 2 is 1.58 bits per heavy atom. The molecule has 0 spiro atoms. The van der Waals surface area contributed by atoms with Crippen molar-refractivity contribution in [2.75, 3.05) is 32.0 Å². The van der Waals surface area contributed by atoms with Crippen LogP contribution < -0.4 is 30.2 Å². The number of ether oxygens (including phenoxy) is 3. The Morgan fingerprint density at radius 1 is 0.833 bits per heavy atom. The molecule has 0 aliphatic rings. The van der Waals surface area contributed by atoms with E-state index in [-0.39, 0.29) is 11.6 Å². The third-order valence-corrected chi connectivity index (χ3v) is 9.59. The van der Waals surface area contributed by atoms with Gasteiger partial charge >= 0.3 is 0 Å². The lowest BCUT2D eigenvalue weighted by Crippen LogP contribution is -2.30. The van der Waals surface area contributed by atoms with Crippen molar-refractivity contribution in [3.8, 4) is 27.8 Å². The molecule has 13 heteroatoms. The minimum atomic E-state index is -0.575. The van der Waals surface area contributed by atoms with Crippen LogP contribution in [0.1, 0.15) is 22.8 Å². The number of carbonyl (C=O) groups excluding carboxylic acids is 3. The zero-order valence-electron chi connectivity index (χ0n) is 26.4. The number of hydrogen-bond acceptors (Lipinski definition) is 10. The maximum Gasteiger partial charge on any atom is 0.272 e. The maximum absolute atomic E-state index is 13.7. The fourth-order valence-corrected chi connectivity index (χ4v) is 6.84. The van der Waals surface area contributed by atoms with Crippen LogP contribution in [0.5, 0.6) is 17.2 Å². The summed E-state index contributed by atoms with van der Waals surface area (Å²) in [4.78, 5) is 46.2. The van der Waals surface area contributed by atoms with Crippen LogP contribution in [0.2, 0.25) is 0 Å². The van der Waals surface area contributed by atoms with Gasteiger partial charge in [-0.1, -0.05) is 30.3 Å². The zero-order chi connectivity index (χ0) is 34.0. The summed E-state index contributed by atoms with van der Waals surface area (Å²) in [5, 5.41) is 12.5. The topological polar surface area (TPSA) is 128 Å². The number of rotatable bonds is 13. The first-order chi connectivity index (χ1) is 23.3. The Morgan fingerprint density at radius 3 is 2.29 bits per heavy atom. The lowest BCUT2D eigenvalue weighted by atomic mass is 10.1. The average Bonchev–Trinajstić information content (AvgIpc) is 3.81. The van der Waals surface area contributed by atoms with Gasteiger partial charge in [0.25, 0.3) is 11.8 Å². The number of methoxy groups -OCH3 is 3. The molecule has 2 heterocycles. The molecular weight excluding hydrogens is 669 g/mol. The highest BCUT2D eigenvalue weighted by molar-refractivity contribution is 8.00. The predicted molar refractivity (Wildman–Crippen MR) is 192 cm³/mol. The van der Waals surface area contributed by atoms with Crippen LogP contribution in [-0.4, -0.2) is 49.3 Å². The largest absolute Gasteiger partial charge is 0.496 e. The molecule has 246 valence electrons. The molecule has 0 aliphatic carbocycles. The number of carbonyl (C=O) groups is 3. The normalized spacial score (nSPS) is 11.7. The first kappa shape index (κ1) is 34.2. The molecule has 1 unspecified atom stereocenters. The summed E-state index contributed by atoms with van der Waals surface area (Å²) >= 11 is 4.30. The first-order valence-electron chi connectivity index (χ1n) is 14.5. The summed E-state index contributed by atoms with van der Waals surface area (Å²) in [5.41, 5.74) is 2.11. The van der Waals surface area contributed by atoms with E-state index >= 15 is 0 Å². The van der Waals surface area contributed by atoms with Gasteiger partial charge in [0, 0.05) is 33.2 Å². The smallest absolute Gasteiger partial charge is 0.272 e. The molecule has 1 atom stereocenters. The molecule has 5 aromatic rings. The van der Waals surface area contributed by atoms with Gasteiger partial charge in [-0.3, -0.25) is 14.4 Å². The van der Waals surface area contributed by atoms with E-state index in [1.54, 1.807) is 78.9 Å². The quantitative estimate of drug-likeness (QED) is 0.0855. The van der Waals surface area contributed by atoms with Gasteiger partial charge in [0.1, 0.15) is 11.4 Å². The molecule has 3 aromatic carbocycles. The summed E-state index contributed by atoms with van der Waals surface area (Å²) in [6, 6.07) is 22.9. The number of thiophene rings is 1. The minimum Gasteiger partial charge on any atom is -0.496 e. The number of amides is 3. The van der Waals surface area contributed by atoms with Gasteiger partial charge in [-0.05, 0) is 60.8 Å². The molecule has 2 aromatic heterocycles. The Hall–Kier alpha value is -5.11. The third-order valence-electron chi connectivity index (χ3n) is 6.85. The fraction of sp³-hybridized carbons (Fsp3) is 0.143. The lowest BCUT2D eigenvalue weighted by Gasteiger charge is -2.15.